The highest BCUT2D eigenvalue weighted by molar-refractivity contribution is 5.01. The van der Waals surface area contributed by atoms with Gasteiger partial charge in [0.1, 0.15) is 0 Å². The first-order valence-electron chi connectivity index (χ1n) is 7.67. The molecule has 2 saturated carbocycles. The second-order valence-corrected chi connectivity index (χ2v) is 6.34. The molecule has 0 aromatic heterocycles. The van der Waals surface area contributed by atoms with E-state index in [2.05, 4.69) is 4.90 Å². The van der Waals surface area contributed by atoms with Crippen LogP contribution >= 0.6 is 0 Å². The Bertz CT molecular complexity index is 218. The average molecular weight is 221 g/mol. The maximum Gasteiger partial charge on any atom is 0.0237 e. The van der Waals surface area contributed by atoms with Gasteiger partial charge in [0.05, 0.1) is 0 Å². The first kappa shape index (κ1) is 11.1. The number of likely N-dealkylation sites (tertiary alicyclic amines) is 1. The second-order valence-electron chi connectivity index (χ2n) is 6.34. The summed E-state index contributed by atoms with van der Waals surface area (Å²) >= 11 is 0. The van der Waals surface area contributed by atoms with Crippen molar-refractivity contribution in [2.24, 2.45) is 5.92 Å². The van der Waals surface area contributed by atoms with Crippen LogP contribution in [-0.2, 0) is 0 Å². The van der Waals surface area contributed by atoms with Crippen LogP contribution in [0.2, 0.25) is 0 Å². The number of nitrogens with zero attached hydrogens (tertiary/aromatic N) is 1. The molecule has 0 radical (unpaired) electrons. The lowest BCUT2D eigenvalue weighted by Crippen LogP contribution is -2.53. The van der Waals surface area contributed by atoms with Gasteiger partial charge < -0.3 is 0 Å². The Hall–Kier alpha value is -0.0400. The van der Waals surface area contributed by atoms with E-state index in [9.17, 15) is 0 Å². The van der Waals surface area contributed by atoms with E-state index in [4.69, 9.17) is 0 Å². The minimum atomic E-state index is 0.678. The molecule has 1 heteroatoms. The molecular weight excluding hydrogens is 194 g/mol. The van der Waals surface area contributed by atoms with E-state index in [-0.39, 0.29) is 0 Å². The zero-order valence-corrected chi connectivity index (χ0v) is 10.7. The standard InChI is InChI=1S/C15H27N/c1-6-12-16(13-7-1)15(10-4-5-11-15)14-8-2-3-9-14/h14H,1-13H2. The molecule has 16 heavy (non-hydrogen) atoms. The second kappa shape index (κ2) is 4.68. The summed E-state index contributed by atoms with van der Waals surface area (Å²) in [5.41, 5.74) is 0.678. The minimum Gasteiger partial charge on any atom is -0.297 e. The van der Waals surface area contributed by atoms with E-state index in [1.165, 1.54) is 83.7 Å². The fourth-order valence-corrected chi connectivity index (χ4v) is 4.77. The highest BCUT2D eigenvalue weighted by Crippen LogP contribution is 2.48. The van der Waals surface area contributed by atoms with Crippen molar-refractivity contribution in [1.82, 2.24) is 4.90 Å². The summed E-state index contributed by atoms with van der Waals surface area (Å²) < 4.78 is 0. The fourth-order valence-electron chi connectivity index (χ4n) is 4.77. The van der Waals surface area contributed by atoms with E-state index in [1.807, 2.05) is 0 Å². The van der Waals surface area contributed by atoms with Crippen LogP contribution < -0.4 is 0 Å². The van der Waals surface area contributed by atoms with E-state index < -0.39 is 0 Å². The van der Waals surface area contributed by atoms with E-state index in [0.29, 0.717) is 5.54 Å². The summed E-state index contributed by atoms with van der Waals surface area (Å²) in [5, 5.41) is 0. The molecule has 92 valence electrons. The number of hydrogen-bond donors (Lipinski definition) is 0. The van der Waals surface area contributed by atoms with Crippen LogP contribution in [0.1, 0.15) is 70.6 Å². The number of rotatable bonds is 2. The lowest BCUT2D eigenvalue weighted by atomic mass is 9.78. The smallest absolute Gasteiger partial charge is 0.0237 e. The summed E-state index contributed by atoms with van der Waals surface area (Å²) in [6.45, 7) is 2.83. The maximum atomic E-state index is 2.93. The summed E-state index contributed by atoms with van der Waals surface area (Å²) in [6, 6.07) is 0. The summed E-state index contributed by atoms with van der Waals surface area (Å²) in [7, 11) is 0. The molecule has 3 fully saturated rings. The average Bonchev–Trinajstić information content (AvgIpc) is 3.02. The molecule has 0 N–H and O–H groups in total. The Labute approximate surface area is 101 Å². The molecule has 0 atom stereocenters. The van der Waals surface area contributed by atoms with Crippen molar-refractivity contribution in [3.05, 3.63) is 0 Å². The van der Waals surface area contributed by atoms with Crippen molar-refractivity contribution in [3.63, 3.8) is 0 Å². The molecule has 0 aromatic rings. The molecule has 1 nitrogen and oxygen atoms in total. The van der Waals surface area contributed by atoms with Crippen LogP contribution in [0.25, 0.3) is 0 Å². The van der Waals surface area contributed by atoms with Gasteiger partial charge in [-0.15, -0.1) is 0 Å². The lowest BCUT2D eigenvalue weighted by Gasteiger charge is -2.47. The maximum absolute atomic E-state index is 2.93. The van der Waals surface area contributed by atoms with Gasteiger partial charge in [0.2, 0.25) is 0 Å². The predicted octanol–water partition coefficient (Wildman–Crippen LogP) is 3.98. The first-order chi connectivity index (χ1) is 7.92. The van der Waals surface area contributed by atoms with Gasteiger partial charge in [-0.3, -0.25) is 4.90 Å². The molecule has 0 bridgehead atoms. The molecule has 2 aliphatic carbocycles. The Morgan fingerprint density at radius 2 is 1.31 bits per heavy atom. The number of hydrogen-bond acceptors (Lipinski definition) is 1. The van der Waals surface area contributed by atoms with Gasteiger partial charge in [-0.2, -0.15) is 0 Å². The Morgan fingerprint density at radius 1 is 0.688 bits per heavy atom. The largest absolute Gasteiger partial charge is 0.297 e. The van der Waals surface area contributed by atoms with E-state index in [0.717, 1.165) is 5.92 Å². The van der Waals surface area contributed by atoms with Gasteiger partial charge in [-0.05, 0) is 57.5 Å². The van der Waals surface area contributed by atoms with Gasteiger partial charge in [-0.25, -0.2) is 0 Å². The summed E-state index contributed by atoms with van der Waals surface area (Å²) in [5.74, 6) is 1.06. The Kier molecular flexibility index (Phi) is 3.24. The molecule has 0 amide bonds. The van der Waals surface area contributed by atoms with Crippen LogP contribution in [0.3, 0.4) is 0 Å². The third-order valence-electron chi connectivity index (χ3n) is 5.57. The molecule has 0 spiro atoms. The zero-order valence-electron chi connectivity index (χ0n) is 10.7. The van der Waals surface area contributed by atoms with Crippen LogP contribution in [0.15, 0.2) is 0 Å². The van der Waals surface area contributed by atoms with E-state index in [1.54, 1.807) is 0 Å². The SMILES string of the molecule is C1CCN(C2(C3CCCC3)CCCC2)CC1. The third kappa shape index (κ3) is 1.81. The van der Waals surface area contributed by atoms with Gasteiger partial charge >= 0.3 is 0 Å². The van der Waals surface area contributed by atoms with Gasteiger partial charge in [0.25, 0.3) is 0 Å². The van der Waals surface area contributed by atoms with Crippen molar-refractivity contribution in [2.75, 3.05) is 13.1 Å². The monoisotopic (exact) mass is 221 g/mol. The minimum absolute atomic E-state index is 0.678. The molecular formula is C15H27N. The van der Waals surface area contributed by atoms with Crippen molar-refractivity contribution in [3.8, 4) is 0 Å². The highest BCUT2D eigenvalue weighted by Gasteiger charge is 2.46. The van der Waals surface area contributed by atoms with Crippen LogP contribution in [0.4, 0.5) is 0 Å². The highest BCUT2D eigenvalue weighted by atomic mass is 15.2. The predicted molar refractivity (Wildman–Crippen MR) is 68.6 cm³/mol. The normalized spacial score (nSPS) is 32.2. The zero-order chi connectivity index (χ0) is 10.8. The van der Waals surface area contributed by atoms with E-state index >= 15 is 0 Å². The van der Waals surface area contributed by atoms with Crippen LogP contribution in [0, 0.1) is 5.92 Å². The molecule has 3 aliphatic rings. The fraction of sp³-hybridized carbons (Fsp3) is 1.00. The van der Waals surface area contributed by atoms with Crippen molar-refractivity contribution < 1.29 is 0 Å². The molecule has 1 saturated heterocycles. The van der Waals surface area contributed by atoms with Gasteiger partial charge in [0.15, 0.2) is 0 Å². The summed E-state index contributed by atoms with van der Waals surface area (Å²) in [4.78, 5) is 2.93. The lowest BCUT2D eigenvalue weighted by molar-refractivity contribution is 0.0219. The van der Waals surface area contributed by atoms with Crippen molar-refractivity contribution in [1.29, 1.82) is 0 Å². The topological polar surface area (TPSA) is 3.24 Å². The molecule has 1 heterocycles. The van der Waals surface area contributed by atoms with Crippen LogP contribution in [-0.4, -0.2) is 23.5 Å². The first-order valence-corrected chi connectivity index (χ1v) is 7.67. The molecule has 0 aromatic carbocycles. The molecule has 3 rings (SSSR count). The van der Waals surface area contributed by atoms with Crippen molar-refractivity contribution >= 4 is 0 Å². The molecule has 0 unspecified atom stereocenters. The third-order valence-corrected chi connectivity index (χ3v) is 5.57. The Morgan fingerprint density at radius 3 is 1.94 bits per heavy atom. The summed E-state index contributed by atoms with van der Waals surface area (Å²) in [6.07, 6.45) is 16.6. The quantitative estimate of drug-likeness (QED) is 0.682. The molecule has 1 aliphatic heterocycles. The Balaban J connectivity index is 1.77. The van der Waals surface area contributed by atoms with Crippen molar-refractivity contribution in [2.45, 2.75) is 76.2 Å². The number of piperidine rings is 1. The van der Waals surface area contributed by atoms with Gasteiger partial charge in [0, 0.05) is 5.54 Å². The van der Waals surface area contributed by atoms with Gasteiger partial charge in [-0.1, -0.05) is 32.1 Å². The van der Waals surface area contributed by atoms with Crippen LogP contribution in [0.5, 0.6) is 0 Å².